The lowest BCUT2D eigenvalue weighted by atomic mass is 9.73. The Bertz CT molecular complexity index is 1100. The van der Waals surface area contributed by atoms with Crippen molar-refractivity contribution in [1.29, 1.82) is 0 Å². The summed E-state index contributed by atoms with van der Waals surface area (Å²) in [6.07, 6.45) is 6.66. The highest BCUT2D eigenvalue weighted by Gasteiger charge is 2.46. The second-order valence-corrected chi connectivity index (χ2v) is 8.50. The van der Waals surface area contributed by atoms with Gasteiger partial charge in [-0.15, -0.1) is 0 Å². The van der Waals surface area contributed by atoms with Gasteiger partial charge in [0.1, 0.15) is 23.3 Å². The lowest BCUT2D eigenvalue weighted by Crippen LogP contribution is -2.50. The molecule has 1 aromatic heterocycles. The van der Waals surface area contributed by atoms with E-state index in [-0.39, 0.29) is 29.8 Å². The molecule has 0 radical (unpaired) electrons. The lowest BCUT2D eigenvalue weighted by Gasteiger charge is -2.48. The number of alkyl halides is 1. The molecule has 6 heteroatoms. The van der Waals surface area contributed by atoms with Crippen molar-refractivity contribution in [3.8, 4) is 5.75 Å². The van der Waals surface area contributed by atoms with Crippen molar-refractivity contribution in [2.45, 2.75) is 63.3 Å². The summed E-state index contributed by atoms with van der Waals surface area (Å²) in [4.78, 5) is 16.1. The summed E-state index contributed by atoms with van der Waals surface area (Å²) in [7, 11) is 0. The smallest absolute Gasteiger partial charge is 0.226 e. The van der Waals surface area contributed by atoms with Gasteiger partial charge >= 0.3 is 0 Å². The van der Waals surface area contributed by atoms with E-state index in [0.717, 1.165) is 41.1 Å². The maximum absolute atomic E-state index is 13.8. The van der Waals surface area contributed by atoms with Crippen LogP contribution in [0.15, 0.2) is 18.2 Å². The molecule has 3 aliphatic rings. The summed E-state index contributed by atoms with van der Waals surface area (Å²) in [5, 5.41) is 4.82. The van der Waals surface area contributed by atoms with E-state index in [1.807, 2.05) is 13.0 Å². The van der Waals surface area contributed by atoms with Gasteiger partial charge in [0.05, 0.1) is 12.5 Å². The number of aromatic nitrogens is 1. The molecule has 29 heavy (non-hydrogen) atoms. The molecule has 4 nitrogen and oxygen atoms in total. The number of halogens is 2. The minimum absolute atomic E-state index is 0.139. The number of nitrogens with one attached hydrogen (secondary N) is 2. The lowest BCUT2D eigenvalue weighted by molar-refractivity contribution is -0.122. The molecule has 0 bridgehead atoms. The van der Waals surface area contributed by atoms with Gasteiger partial charge in [-0.2, -0.15) is 0 Å². The summed E-state index contributed by atoms with van der Waals surface area (Å²) >= 11 is 0. The predicted octanol–water partition coefficient (Wildman–Crippen LogP) is 2.87. The second-order valence-electron chi connectivity index (χ2n) is 8.50. The summed E-state index contributed by atoms with van der Waals surface area (Å²) in [6, 6.07) is 4.23. The molecular weight excluding hydrogens is 374 g/mol. The van der Waals surface area contributed by atoms with Crippen molar-refractivity contribution in [2.24, 2.45) is 0 Å². The van der Waals surface area contributed by atoms with Crippen molar-refractivity contribution in [3.05, 3.63) is 51.4 Å². The first kappa shape index (κ1) is 18.4. The third-order valence-electron chi connectivity index (χ3n) is 6.51. The molecule has 2 aliphatic carbocycles. The van der Waals surface area contributed by atoms with E-state index in [1.165, 1.54) is 12.1 Å². The van der Waals surface area contributed by atoms with Crippen LogP contribution in [0.25, 0.3) is 12.2 Å². The summed E-state index contributed by atoms with van der Waals surface area (Å²) in [5.41, 5.74) is 2.14. The molecule has 1 aliphatic heterocycles. The van der Waals surface area contributed by atoms with Crippen LogP contribution in [0.3, 0.4) is 0 Å². The highest BCUT2D eigenvalue weighted by molar-refractivity contribution is 5.79. The largest absolute Gasteiger partial charge is 0.487 e. The average Bonchev–Trinajstić information content (AvgIpc) is 2.96. The van der Waals surface area contributed by atoms with Crippen LogP contribution in [0.4, 0.5) is 8.78 Å². The zero-order valence-electron chi connectivity index (χ0n) is 16.4. The second kappa shape index (κ2) is 6.71. The third-order valence-corrected chi connectivity index (χ3v) is 6.51. The highest BCUT2D eigenvalue weighted by atomic mass is 19.1. The molecule has 5 rings (SSSR count). The molecule has 2 atom stereocenters. The van der Waals surface area contributed by atoms with Gasteiger partial charge in [0, 0.05) is 34.7 Å². The third kappa shape index (κ3) is 3.24. The molecule has 0 saturated heterocycles. The van der Waals surface area contributed by atoms with Crippen molar-refractivity contribution < 1.29 is 18.3 Å². The highest BCUT2D eigenvalue weighted by Crippen LogP contribution is 2.48. The number of amides is 1. The Morgan fingerprint density at radius 2 is 2.21 bits per heavy atom. The number of hydrogen-bond acceptors (Lipinski definition) is 2. The van der Waals surface area contributed by atoms with E-state index >= 15 is 0 Å². The molecule has 1 amide bonds. The van der Waals surface area contributed by atoms with Crippen molar-refractivity contribution in [3.63, 3.8) is 0 Å². The summed E-state index contributed by atoms with van der Waals surface area (Å²) < 4.78 is 33.7. The first-order valence-electron chi connectivity index (χ1n) is 10.2. The van der Waals surface area contributed by atoms with Crippen LogP contribution >= 0.6 is 0 Å². The first-order valence-corrected chi connectivity index (χ1v) is 10.2. The fourth-order valence-corrected chi connectivity index (χ4v) is 4.77. The van der Waals surface area contributed by atoms with E-state index in [0.29, 0.717) is 24.2 Å². The number of benzene rings is 1. The molecule has 2 unspecified atom stereocenters. The maximum Gasteiger partial charge on any atom is 0.226 e. The molecule has 1 fully saturated rings. The van der Waals surface area contributed by atoms with Crippen LogP contribution in [0.2, 0.25) is 0 Å². The Morgan fingerprint density at radius 3 is 2.97 bits per heavy atom. The van der Waals surface area contributed by atoms with Crippen molar-refractivity contribution in [1.82, 2.24) is 10.3 Å². The van der Waals surface area contributed by atoms with Crippen molar-refractivity contribution >= 4 is 18.1 Å². The Kier molecular flexibility index (Phi) is 4.26. The molecule has 1 saturated carbocycles. The van der Waals surface area contributed by atoms with E-state index in [1.54, 1.807) is 12.1 Å². The summed E-state index contributed by atoms with van der Waals surface area (Å²) in [6.45, 7) is 1.91. The summed E-state index contributed by atoms with van der Waals surface area (Å²) in [5.74, 6) is 0.184. The molecule has 1 aromatic carbocycles. The van der Waals surface area contributed by atoms with Gasteiger partial charge in [0.15, 0.2) is 0 Å². The maximum atomic E-state index is 13.8. The van der Waals surface area contributed by atoms with Gasteiger partial charge in [-0.3, -0.25) is 4.79 Å². The van der Waals surface area contributed by atoms with Gasteiger partial charge in [-0.1, -0.05) is 6.08 Å². The van der Waals surface area contributed by atoms with E-state index < -0.39 is 6.17 Å². The topological polar surface area (TPSA) is 54.1 Å². The Balaban J connectivity index is 1.39. The minimum Gasteiger partial charge on any atom is -0.487 e. The first-order chi connectivity index (χ1) is 13.9. The number of aromatic amines is 1. The van der Waals surface area contributed by atoms with Crippen LogP contribution in [-0.2, 0) is 11.2 Å². The number of carbonyl (C=O) groups excluding carboxylic acids is 1. The number of fused-ring (bicyclic) bond motifs is 2. The van der Waals surface area contributed by atoms with E-state index in [2.05, 4.69) is 10.3 Å². The number of hydrogen-bond donors (Lipinski definition) is 2. The molecule has 2 aromatic rings. The van der Waals surface area contributed by atoms with Gasteiger partial charge < -0.3 is 15.0 Å². The number of carbonyl (C=O) groups is 1. The van der Waals surface area contributed by atoms with Crippen LogP contribution in [0, 0.1) is 12.7 Å². The van der Waals surface area contributed by atoms with Crippen LogP contribution in [0.1, 0.15) is 55.0 Å². The zero-order chi connectivity index (χ0) is 20.2. The van der Waals surface area contributed by atoms with Crippen LogP contribution in [-0.4, -0.2) is 22.7 Å². The van der Waals surface area contributed by atoms with E-state index in [9.17, 15) is 13.6 Å². The number of ether oxygens (including phenoxy) is 1. The molecule has 1 spiro atoms. The quantitative estimate of drug-likeness (QED) is 0.836. The van der Waals surface area contributed by atoms with Gasteiger partial charge in [0.25, 0.3) is 0 Å². The van der Waals surface area contributed by atoms with Crippen LogP contribution < -0.4 is 20.6 Å². The number of H-pyrrole nitrogens is 1. The average molecular weight is 398 g/mol. The predicted molar refractivity (Wildman–Crippen MR) is 106 cm³/mol. The normalized spacial score (nSPS) is 23.7. The molecule has 2 heterocycles. The fourth-order valence-electron chi connectivity index (χ4n) is 4.77. The molecule has 2 N–H and O–H groups in total. The Hall–Kier alpha value is -2.63. The molecule has 152 valence electrons. The Morgan fingerprint density at radius 1 is 1.38 bits per heavy atom. The van der Waals surface area contributed by atoms with Gasteiger partial charge in [-0.25, -0.2) is 8.78 Å². The van der Waals surface area contributed by atoms with Crippen molar-refractivity contribution in [2.75, 3.05) is 0 Å². The zero-order valence-corrected chi connectivity index (χ0v) is 16.4. The SMILES string of the molecule is Cc1c(CC(=O)NC2CC3(CCC3)Oc3ccc(F)cc32)[nH]c2c1=CC(F)CC=2. The molecular formula is C23H24F2N2O2. The van der Waals surface area contributed by atoms with E-state index in [4.69, 9.17) is 4.74 Å². The fraction of sp³-hybridized carbons (Fsp3) is 0.435. The van der Waals surface area contributed by atoms with Gasteiger partial charge in [0.2, 0.25) is 5.91 Å². The number of rotatable bonds is 3. The standard InChI is InChI=1S/C23H24F2N2O2/c1-13-16-9-14(24)3-5-18(16)26-19(13)11-22(28)27-20-12-23(7-2-8-23)29-21-6-4-15(25)10-17(20)21/h4-6,9-10,14,20,26H,2-3,7-8,11-12H2,1H3,(H,27,28). The minimum atomic E-state index is -0.981. The van der Waals surface area contributed by atoms with Gasteiger partial charge in [-0.05, 0) is 56.0 Å². The van der Waals surface area contributed by atoms with Crippen LogP contribution in [0.5, 0.6) is 5.75 Å². The Labute approximate surface area is 167 Å². The monoisotopic (exact) mass is 398 g/mol.